The van der Waals surface area contributed by atoms with Crippen molar-refractivity contribution in [2.45, 2.75) is 26.1 Å². The van der Waals surface area contributed by atoms with Crippen molar-refractivity contribution in [3.05, 3.63) is 52.2 Å². The number of nitrogens with zero attached hydrogens (tertiary/aromatic N) is 3. The van der Waals surface area contributed by atoms with E-state index in [-0.39, 0.29) is 29.6 Å². The van der Waals surface area contributed by atoms with E-state index < -0.39 is 11.4 Å². The Kier molecular flexibility index (Phi) is 5.03. The van der Waals surface area contributed by atoms with Gasteiger partial charge in [-0.3, -0.25) is 9.59 Å². The van der Waals surface area contributed by atoms with E-state index >= 15 is 0 Å². The van der Waals surface area contributed by atoms with Crippen LogP contribution in [0.3, 0.4) is 0 Å². The highest BCUT2D eigenvalue weighted by Crippen LogP contribution is 2.19. The predicted octanol–water partition coefficient (Wildman–Crippen LogP) is 1.63. The monoisotopic (exact) mass is 361 g/mol. The van der Waals surface area contributed by atoms with Crippen LogP contribution in [0.5, 0.6) is 5.75 Å². The van der Waals surface area contributed by atoms with Gasteiger partial charge in [-0.25, -0.2) is 4.39 Å². The summed E-state index contributed by atoms with van der Waals surface area (Å²) in [4.78, 5) is 26.9. The molecule has 2 aromatic rings. The third kappa shape index (κ3) is 3.60. The smallest absolute Gasteiger partial charge is 0.278 e. The standard InChI is InChI=1S/C18H20FN3O4/c1-11-9-21(10-12(2)26-11)18(24)17-15(25-3)8-16(23)22(20-17)14-6-4-13(19)5-7-14/h4-8,11-12H,9-10H2,1-3H3/t11-,12-/m0/s1. The molecule has 26 heavy (non-hydrogen) atoms. The number of methoxy groups -OCH3 is 1. The zero-order chi connectivity index (χ0) is 18.8. The van der Waals surface area contributed by atoms with E-state index in [1.807, 2.05) is 13.8 Å². The van der Waals surface area contributed by atoms with Crippen molar-refractivity contribution in [3.63, 3.8) is 0 Å². The first kappa shape index (κ1) is 18.1. The fourth-order valence-electron chi connectivity index (χ4n) is 3.00. The minimum atomic E-state index is -0.478. The third-order valence-electron chi connectivity index (χ3n) is 4.10. The summed E-state index contributed by atoms with van der Waals surface area (Å²) in [6.45, 7) is 4.62. The number of morpholine rings is 1. The van der Waals surface area contributed by atoms with Crippen LogP contribution in [0, 0.1) is 5.82 Å². The normalized spacial score (nSPS) is 20.1. The molecule has 0 aliphatic carbocycles. The van der Waals surface area contributed by atoms with Crippen molar-refractivity contribution in [3.8, 4) is 11.4 Å². The van der Waals surface area contributed by atoms with Crippen molar-refractivity contribution in [1.29, 1.82) is 0 Å². The summed E-state index contributed by atoms with van der Waals surface area (Å²) in [6, 6.07) is 6.49. The van der Waals surface area contributed by atoms with Crippen LogP contribution in [0.2, 0.25) is 0 Å². The number of carbonyl (C=O) groups excluding carboxylic acids is 1. The fraction of sp³-hybridized carbons (Fsp3) is 0.389. The quantitative estimate of drug-likeness (QED) is 0.831. The summed E-state index contributed by atoms with van der Waals surface area (Å²) < 4.78 is 25.0. The summed E-state index contributed by atoms with van der Waals surface area (Å²) in [6.07, 6.45) is -0.201. The lowest BCUT2D eigenvalue weighted by atomic mass is 10.2. The second-order valence-corrected chi connectivity index (χ2v) is 6.26. The summed E-state index contributed by atoms with van der Waals surface area (Å²) in [7, 11) is 1.38. The number of benzene rings is 1. The van der Waals surface area contributed by atoms with E-state index in [0.717, 1.165) is 4.68 Å². The lowest BCUT2D eigenvalue weighted by molar-refractivity contribution is -0.0588. The number of carbonyl (C=O) groups is 1. The molecule has 0 N–H and O–H groups in total. The number of hydrogen-bond donors (Lipinski definition) is 0. The van der Waals surface area contributed by atoms with Gasteiger partial charge in [0, 0.05) is 13.1 Å². The summed E-state index contributed by atoms with van der Waals surface area (Å²) in [5.74, 6) is -0.673. The number of ether oxygens (including phenoxy) is 2. The predicted molar refractivity (Wildman–Crippen MR) is 92.3 cm³/mol. The Morgan fingerprint density at radius 2 is 1.85 bits per heavy atom. The summed E-state index contributed by atoms with van der Waals surface area (Å²) in [5.41, 5.74) is -0.0942. The summed E-state index contributed by atoms with van der Waals surface area (Å²) in [5, 5.41) is 4.19. The third-order valence-corrected chi connectivity index (χ3v) is 4.10. The van der Waals surface area contributed by atoms with Crippen LogP contribution in [0.4, 0.5) is 4.39 Å². The maximum Gasteiger partial charge on any atom is 0.278 e. The van der Waals surface area contributed by atoms with Gasteiger partial charge in [-0.1, -0.05) is 0 Å². The Morgan fingerprint density at radius 3 is 2.42 bits per heavy atom. The van der Waals surface area contributed by atoms with Gasteiger partial charge in [0.25, 0.3) is 11.5 Å². The van der Waals surface area contributed by atoms with E-state index in [1.165, 1.54) is 37.4 Å². The van der Waals surface area contributed by atoms with Gasteiger partial charge in [-0.05, 0) is 38.1 Å². The zero-order valence-corrected chi connectivity index (χ0v) is 14.8. The molecule has 0 bridgehead atoms. The molecule has 1 amide bonds. The van der Waals surface area contributed by atoms with Gasteiger partial charge in [-0.2, -0.15) is 9.78 Å². The molecular formula is C18H20FN3O4. The number of aromatic nitrogens is 2. The first-order valence-electron chi connectivity index (χ1n) is 8.28. The van der Waals surface area contributed by atoms with E-state index in [1.54, 1.807) is 4.90 Å². The largest absolute Gasteiger partial charge is 0.494 e. The van der Waals surface area contributed by atoms with Crippen LogP contribution in [0.1, 0.15) is 24.3 Å². The van der Waals surface area contributed by atoms with Crippen LogP contribution < -0.4 is 10.3 Å². The Balaban J connectivity index is 2.02. The molecule has 1 aliphatic heterocycles. The zero-order valence-electron chi connectivity index (χ0n) is 14.8. The number of amides is 1. The van der Waals surface area contributed by atoms with E-state index in [2.05, 4.69) is 5.10 Å². The molecule has 7 nitrogen and oxygen atoms in total. The van der Waals surface area contributed by atoms with Gasteiger partial charge in [0.1, 0.15) is 5.82 Å². The van der Waals surface area contributed by atoms with Crippen molar-refractivity contribution >= 4 is 5.91 Å². The molecule has 2 atom stereocenters. The van der Waals surface area contributed by atoms with E-state index in [9.17, 15) is 14.0 Å². The SMILES string of the molecule is COc1cc(=O)n(-c2ccc(F)cc2)nc1C(=O)N1C[C@H](C)O[C@@H](C)C1. The molecule has 138 valence electrons. The molecule has 0 unspecified atom stereocenters. The highest BCUT2D eigenvalue weighted by atomic mass is 19.1. The average Bonchev–Trinajstić information content (AvgIpc) is 2.61. The molecule has 0 spiro atoms. The Morgan fingerprint density at radius 1 is 1.23 bits per heavy atom. The molecule has 1 saturated heterocycles. The molecule has 3 rings (SSSR count). The van der Waals surface area contributed by atoms with Crippen molar-refractivity contribution < 1.29 is 18.7 Å². The van der Waals surface area contributed by atoms with Crippen LogP contribution >= 0.6 is 0 Å². The van der Waals surface area contributed by atoms with Gasteiger partial charge in [0.05, 0.1) is 31.1 Å². The molecule has 1 aromatic heterocycles. The average molecular weight is 361 g/mol. The number of halogens is 1. The number of hydrogen-bond acceptors (Lipinski definition) is 5. The molecule has 8 heteroatoms. The Hall–Kier alpha value is -2.74. The molecule has 1 fully saturated rings. The van der Waals surface area contributed by atoms with E-state index in [4.69, 9.17) is 9.47 Å². The van der Waals surface area contributed by atoms with Crippen molar-refractivity contribution in [2.75, 3.05) is 20.2 Å². The Labute approximate surface area is 149 Å². The highest BCUT2D eigenvalue weighted by molar-refractivity contribution is 5.95. The second-order valence-electron chi connectivity index (χ2n) is 6.26. The van der Waals surface area contributed by atoms with Gasteiger partial charge in [0.2, 0.25) is 0 Å². The summed E-state index contributed by atoms with van der Waals surface area (Å²) >= 11 is 0. The first-order chi connectivity index (χ1) is 12.4. The van der Waals surface area contributed by atoms with Crippen LogP contribution in [-0.4, -0.2) is 53.0 Å². The maximum atomic E-state index is 13.1. The second kappa shape index (κ2) is 7.25. The minimum Gasteiger partial charge on any atom is -0.494 e. The lowest BCUT2D eigenvalue weighted by Crippen LogP contribution is -2.48. The molecule has 2 heterocycles. The lowest BCUT2D eigenvalue weighted by Gasteiger charge is -2.35. The van der Waals surface area contributed by atoms with Gasteiger partial charge in [-0.15, -0.1) is 0 Å². The maximum absolute atomic E-state index is 13.1. The molecular weight excluding hydrogens is 341 g/mol. The molecule has 1 aliphatic rings. The van der Waals surface area contributed by atoms with Crippen LogP contribution in [0.25, 0.3) is 5.69 Å². The van der Waals surface area contributed by atoms with Crippen molar-refractivity contribution in [2.24, 2.45) is 0 Å². The van der Waals surface area contributed by atoms with Crippen molar-refractivity contribution in [1.82, 2.24) is 14.7 Å². The van der Waals surface area contributed by atoms with Crippen LogP contribution in [-0.2, 0) is 4.74 Å². The fourth-order valence-corrected chi connectivity index (χ4v) is 3.00. The number of rotatable bonds is 3. The van der Waals surface area contributed by atoms with E-state index in [0.29, 0.717) is 18.8 Å². The Bertz CT molecular complexity index is 856. The van der Waals surface area contributed by atoms with Gasteiger partial charge < -0.3 is 14.4 Å². The molecule has 1 aromatic carbocycles. The highest BCUT2D eigenvalue weighted by Gasteiger charge is 2.30. The van der Waals surface area contributed by atoms with Gasteiger partial charge in [0.15, 0.2) is 11.4 Å². The molecule has 0 radical (unpaired) electrons. The minimum absolute atomic E-state index is 0.0257. The van der Waals surface area contributed by atoms with Gasteiger partial charge >= 0.3 is 0 Å². The first-order valence-corrected chi connectivity index (χ1v) is 8.28. The van der Waals surface area contributed by atoms with Crippen LogP contribution in [0.15, 0.2) is 35.1 Å². The molecule has 0 saturated carbocycles. The topological polar surface area (TPSA) is 73.7 Å².